The number of allylic oxidation sites excluding steroid dienone is 1. The van der Waals surface area contributed by atoms with Gasteiger partial charge in [0.25, 0.3) is 0 Å². The van der Waals surface area contributed by atoms with Crippen molar-refractivity contribution in [1.29, 1.82) is 0 Å². The van der Waals surface area contributed by atoms with Gasteiger partial charge in [0.2, 0.25) is 0 Å². The molecule has 0 bridgehead atoms. The Morgan fingerprint density at radius 3 is 2.93 bits per heavy atom. The largest absolute Gasteiger partial charge is 0.324 e. The Morgan fingerprint density at radius 1 is 1.57 bits per heavy atom. The molecule has 0 saturated carbocycles. The quantitative estimate of drug-likeness (QED) is 0.729. The molecule has 0 spiro atoms. The van der Waals surface area contributed by atoms with Crippen LogP contribution in [0.15, 0.2) is 18.5 Å². The summed E-state index contributed by atoms with van der Waals surface area (Å²) in [4.78, 5) is 0. The highest BCUT2D eigenvalue weighted by Crippen LogP contribution is 2.34. The molecular formula is C10H16N4. The summed E-state index contributed by atoms with van der Waals surface area (Å²) in [5, 5.41) is 7.76. The monoisotopic (exact) mass is 192 g/mol. The minimum atomic E-state index is 0.107. The number of rotatable bonds is 1. The fraction of sp³-hybridized carbons (Fsp3) is 0.600. The highest BCUT2D eigenvalue weighted by molar-refractivity contribution is 5.47. The van der Waals surface area contributed by atoms with Crippen LogP contribution in [0, 0.1) is 5.41 Å². The van der Waals surface area contributed by atoms with Crippen molar-refractivity contribution in [2.24, 2.45) is 11.1 Å². The fourth-order valence-corrected chi connectivity index (χ4v) is 1.69. The van der Waals surface area contributed by atoms with Gasteiger partial charge in [-0.3, -0.25) is 0 Å². The second-order valence-corrected chi connectivity index (χ2v) is 4.52. The van der Waals surface area contributed by atoms with Crippen LogP contribution in [0.5, 0.6) is 0 Å². The smallest absolute Gasteiger partial charge is 0.0697 e. The summed E-state index contributed by atoms with van der Waals surface area (Å²) in [5.74, 6) is 0. The zero-order valence-corrected chi connectivity index (χ0v) is 8.64. The molecule has 0 radical (unpaired) electrons. The van der Waals surface area contributed by atoms with Crippen molar-refractivity contribution in [2.75, 3.05) is 0 Å². The predicted molar refractivity (Wildman–Crippen MR) is 55.3 cm³/mol. The first-order chi connectivity index (χ1) is 6.59. The molecule has 4 heteroatoms. The lowest BCUT2D eigenvalue weighted by Gasteiger charge is -2.34. The highest BCUT2D eigenvalue weighted by atomic mass is 15.4. The maximum Gasteiger partial charge on any atom is 0.0697 e. The van der Waals surface area contributed by atoms with Gasteiger partial charge >= 0.3 is 0 Å². The summed E-state index contributed by atoms with van der Waals surface area (Å²) in [6.45, 7) is 4.40. The number of nitrogens with zero attached hydrogens (tertiary/aromatic N) is 3. The third-order valence-corrected chi connectivity index (χ3v) is 3.02. The lowest BCUT2D eigenvalue weighted by atomic mass is 9.76. The molecule has 14 heavy (non-hydrogen) atoms. The van der Waals surface area contributed by atoms with E-state index in [1.807, 2.05) is 6.20 Å². The maximum absolute atomic E-state index is 6.07. The molecule has 1 atom stereocenters. The van der Waals surface area contributed by atoms with E-state index in [1.54, 1.807) is 10.9 Å². The molecule has 1 aromatic rings. The molecule has 0 aromatic carbocycles. The Morgan fingerprint density at radius 2 is 2.36 bits per heavy atom. The number of aromatic nitrogens is 3. The van der Waals surface area contributed by atoms with E-state index in [9.17, 15) is 0 Å². The first-order valence-corrected chi connectivity index (χ1v) is 4.92. The third-order valence-electron chi connectivity index (χ3n) is 3.02. The van der Waals surface area contributed by atoms with Gasteiger partial charge in [-0.15, -0.1) is 5.10 Å². The van der Waals surface area contributed by atoms with Crippen LogP contribution in [-0.2, 0) is 0 Å². The normalized spacial score (nSPS) is 25.9. The van der Waals surface area contributed by atoms with Gasteiger partial charge in [0.05, 0.1) is 12.4 Å². The van der Waals surface area contributed by atoms with Gasteiger partial charge < -0.3 is 5.73 Å². The predicted octanol–water partition coefficient (Wildman–Crippen LogP) is 1.27. The number of hydrogen-bond acceptors (Lipinski definition) is 3. The lowest BCUT2D eigenvalue weighted by molar-refractivity contribution is 0.289. The molecule has 0 aliphatic heterocycles. The van der Waals surface area contributed by atoms with E-state index in [-0.39, 0.29) is 11.5 Å². The van der Waals surface area contributed by atoms with Crippen molar-refractivity contribution in [2.45, 2.75) is 32.7 Å². The Hall–Kier alpha value is -1.16. The third kappa shape index (κ3) is 1.57. The van der Waals surface area contributed by atoms with E-state index >= 15 is 0 Å². The van der Waals surface area contributed by atoms with E-state index < -0.39 is 0 Å². The molecule has 1 aliphatic rings. The zero-order valence-electron chi connectivity index (χ0n) is 8.64. The minimum absolute atomic E-state index is 0.107. The van der Waals surface area contributed by atoms with E-state index in [1.165, 1.54) is 0 Å². The topological polar surface area (TPSA) is 56.7 Å². The summed E-state index contributed by atoms with van der Waals surface area (Å²) in [5.41, 5.74) is 7.43. The van der Waals surface area contributed by atoms with Gasteiger partial charge in [0, 0.05) is 11.7 Å². The molecule has 1 aliphatic carbocycles. The first-order valence-electron chi connectivity index (χ1n) is 4.92. The van der Waals surface area contributed by atoms with Gasteiger partial charge in [-0.1, -0.05) is 19.1 Å². The van der Waals surface area contributed by atoms with Crippen molar-refractivity contribution < 1.29 is 0 Å². The van der Waals surface area contributed by atoms with Gasteiger partial charge in [0.15, 0.2) is 0 Å². The van der Waals surface area contributed by atoms with Crippen molar-refractivity contribution in [3.8, 4) is 0 Å². The SMILES string of the molecule is CC1(C)CCC(n2ccnn2)=CC1N. The molecule has 76 valence electrons. The molecule has 1 unspecified atom stereocenters. The van der Waals surface area contributed by atoms with E-state index in [0.717, 1.165) is 18.5 Å². The van der Waals surface area contributed by atoms with Crippen LogP contribution in [0.2, 0.25) is 0 Å². The van der Waals surface area contributed by atoms with E-state index in [2.05, 4.69) is 30.2 Å². The second kappa shape index (κ2) is 3.20. The van der Waals surface area contributed by atoms with Crippen LogP contribution in [0.4, 0.5) is 0 Å². The minimum Gasteiger partial charge on any atom is -0.324 e. The first kappa shape index (κ1) is 9.40. The molecule has 4 nitrogen and oxygen atoms in total. The van der Waals surface area contributed by atoms with Gasteiger partial charge in [-0.05, 0) is 24.3 Å². The summed E-state index contributed by atoms with van der Waals surface area (Å²) in [7, 11) is 0. The van der Waals surface area contributed by atoms with Crippen molar-refractivity contribution in [3.05, 3.63) is 18.5 Å². The Bertz CT molecular complexity index is 337. The lowest BCUT2D eigenvalue weighted by Crippen LogP contribution is -2.38. The van der Waals surface area contributed by atoms with Gasteiger partial charge in [-0.25, -0.2) is 4.68 Å². The second-order valence-electron chi connectivity index (χ2n) is 4.52. The number of nitrogens with two attached hydrogens (primary N) is 1. The Labute approximate surface area is 83.8 Å². The molecule has 0 saturated heterocycles. The Kier molecular flexibility index (Phi) is 2.15. The van der Waals surface area contributed by atoms with Crippen LogP contribution in [0.3, 0.4) is 0 Å². The van der Waals surface area contributed by atoms with Gasteiger partial charge in [0.1, 0.15) is 0 Å². The highest BCUT2D eigenvalue weighted by Gasteiger charge is 2.29. The van der Waals surface area contributed by atoms with Crippen molar-refractivity contribution in [3.63, 3.8) is 0 Å². The zero-order chi connectivity index (χ0) is 10.2. The van der Waals surface area contributed by atoms with Crippen LogP contribution in [0.1, 0.15) is 26.7 Å². The van der Waals surface area contributed by atoms with E-state index in [0.29, 0.717) is 0 Å². The molecule has 0 amide bonds. The molecule has 1 aromatic heterocycles. The standard InChI is InChI=1S/C10H16N4/c1-10(2)4-3-8(7-9(10)11)14-6-5-12-13-14/h5-7,9H,3-4,11H2,1-2H3. The molecule has 2 N–H and O–H groups in total. The average Bonchev–Trinajstić information content (AvgIpc) is 2.62. The molecular weight excluding hydrogens is 176 g/mol. The Balaban J connectivity index is 2.25. The van der Waals surface area contributed by atoms with Crippen LogP contribution < -0.4 is 5.73 Å². The average molecular weight is 192 g/mol. The van der Waals surface area contributed by atoms with Gasteiger partial charge in [-0.2, -0.15) is 0 Å². The summed E-state index contributed by atoms with van der Waals surface area (Å²) >= 11 is 0. The van der Waals surface area contributed by atoms with Crippen molar-refractivity contribution in [1.82, 2.24) is 15.0 Å². The summed E-state index contributed by atoms with van der Waals surface area (Å²) < 4.78 is 1.80. The maximum atomic E-state index is 6.07. The summed E-state index contributed by atoms with van der Waals surface area (Å²) in [6, 6.07) is 0.107. The molecule has 1 heterocycles. The number of hydrogen-bond donors (Lipinski definition) is 1. The van der Waals surface area contributed by atoms with Crippen molar-refractivity contribution >= 4 is 5.70 Å². The fourth-order valence-electron chi connectivity index (χ4n) is 1.69. The molecule has 2 rings (SSSR count). The van der Waals surface area contributed by atoms with Crippen LogP contribution >= 0.6 is 0 Å². The van der Waals surface area contributed by atoms with Crippen LogP contribution in [0.25, 0.3) is 5.70 Å². The van der Waals surface area contributed by atoms with E-state index in [4.69, 9.17) is 5.73 Å². The van der Waals surface area contributed by atoms with Crippen LogP contribution in [-0.4, -0.2) is 21.0 Å². The summed E-state index contributed by atoms with van der Waals surface area (Å²) in [6.07, 6.45) is 7.76. The molecule has 0 fully saturated rings.